The number of aryl methyl sites for hydroxylation is 1. The molecule has 0 fully saturated rings. The first-order valence-electron chi connectivity index (χ1n) is 11.3. The van der Waals surface area contributed by atoms with E-state index in [2.05, 4.69) is 16.2 Å². The summed E-state index contributed by atoms with van der Waals surface area (Å²) in [5, 5.41) is 2.35. The number of thiocarbonyl (C=S) groups is 1. The Balaban J connectivity index is 1.65. The van der Waals surface area contributed by atoms with Gasteiger partial charge in [0.05, 0.1) is 27.9 Å². The van der Waals surface area contributed by atoms with E-state index in [-0.39, 0.29) is 29.5 Å². The van der Waals surface area contributed by atoms with E-state index in [1.807, 2.05) is 30.3 Å². The third kappa shape index (κ3) is 9.41. The molecule has 3 N–H and O–H groups in total. The van der Waals surface area contributed by atoms with Crippen LogP contribution in [0.2, 0.25) is 0 Å². The van der Waals surface area contributed by atoms with Gasteiger partial charge in [0.2, 0.25) is 11.7 Å². The van der Waals surface area contributed by atoms with E-state index < -0.39 is 11.8 Å². The van der Waals surface area contributed by atoms with E-state index >= 15 is 0 Å². The van der Waals surface area contributed by atoms with Gasteiger partial charge >= 0.3 is 5.97 Å². The van der Waals surface area contributed by atoms with E-state index in [0.717, 1.165) is 12.8 Å². The van der Waals surface area contributed by atoms with Crippen molar-refractivity contribution in [2.75, 3.05) is 27.9 Å². The van der Waals surface area contributed by atoms with E-state index in [0.29, 0.717) is 30.3 Å². The van der Waals surface area contributed by atoms with Crippen molar-refractivity contribution in [3.05, 3.63) is 53.6 Å². The molecule has 0 unspecified atom stereocenters. The highest BCUT2D eigenvalue weighted by Gasteiger charge is 2.17. The van der Waals surface area contributed by atoms with Crippen molar-refractivity contribution in [2.24, 2.45) is 0 Å². The van der Waals surface area contributed by atoms with Crippen LogP contribution in [0.1, 0.15) is 41.6 Å². The smallest absolute Gasteiger partial charge is 0.305 e. The molecule has 0 heterocycles. The number of hydrogen-bond acceptors (Lipinski definition) is 8. The van der Waals surface area contributed by atoms with Gasteiger partial charge in [-0.05, 0) is 49.2 Å². The molecule has 2 aromatic carbocycles. The minimum absolute atomic E-state index is 0.0712. The van der Waals surface area contributed by atoms with Crippen LogP contribution in [-0.2, 0) is 20.7 Å². The molecular formula is C25H31N3O7S. The summed E-state index contributed by atoms with van der Waals surface area (Å²) in [6, 6.07) is 12.9. The van der Waals surface area contributed by atoms with Gasteiger partial charge in [0.1, 0.15) is 0 Å². The summed E-state index contributed by atoms with van der Waals surface area (Å²) in [5.41, 5.74) is 6.25. The second-order valence-electron chi connectivity index (χ2n) is 7.53. The van der Waals surface area contributed by atoms with Crippen LogP contribution in [0.4, 0.5) is 0 Å². The zero-order valence-electron chi connectivity index (χ0n) is 20.6. The Kier molecular flexibility index (Phi) is 12.0. The van der Waals surface area contributed by atoms with Gasteiger partial charge in [0, 0.05) is 18.4 Å². The number of amides is 2. The molecule has 194 valence electrons. The fourth-order valence-corrected chi connectivity index (χ4v) is 3.36. The van der Waals surface area contributed by atoms with Crippen molar-refractivity contribution in [3.63, 3.8) is 0 Å². The Morgan fingerprint density at radius 1 is 0.861 bits per heavy atom. The number of nitrogens with one attached hydrogen (secondary N) is 3. The summed E-state index contributed by atoms with van der Waals surface area (Å²) in [6.07, 6.45) is 2.07. The zero-order valence-corrected chi connectivity index (χ0v) is 21.4. The van der Waals surface area contributed by atoms with Gasteiger partial charge in [0.15, 0.2) is 16.6 Å². The Bertz CT molecular complexity index is 1020. The molecule has 2 amide bonds. The van der Waals surface area contributed by atoms with Crippen LogP contribution in [0.5, 0.6) is 17.2 Å². The molecule has 0 aliphatic heterocycles. The second kappa shape index (κ2) is 15.2. The third-order valence-electron chi connectivity index (χ3n) is 4.97. The first-order valence-corrected chi connectivity index (χ1v) is 11.7. The van der Waals surface area contributed by atoms with Gasteiger partial charge < -0.3 is 24.3 Å². The van der Waals surface area contributed by atoms with E-state index in [9.17, 15) is 14.4 Å². The molecule has 0 saturated heterocycles. The lowest BCUT2D eigenvalue weighted by Gasteiger charge is -2.15. The minimum Gasteiger partial charge on any atom is -0.493 e. The highest BCUT2D eigenvalue weighted by molar-refractivity contribution is 7.80. The summed E-state index contributed by atoms with van der Waals surface area (Å²) >= 11 is 5.03. The van der Waals surface area contributed by atoms with E-state index in [4.69, 9.17) is 31.2 Å². The van der Waals surface area contributed by atoms with Crippen molar-refractivity contribution in [2.45, 2.75) is 32.1 Å². The quantitative estimate of drug-likeness (QED) is 0.169. The van der Waals surface area contributed by atoms with Crippen molar-refractivity contribution >= 4 is 35.1 Å². The number of methoxy groups -OCH3 is 3. The molecule has 0 saturated carbocycles. The molecule has 0 aromatic heterocycles. The third-order valence-corrected chi connectivity index (χ3v) is 5.17. The van der Waals surface area contributed by atoms with Crippen LogP contribution in [0.15, 0.2) is 42.5 Å². The Morgan fingerprint density at radius 2 is 1.53 bits per heavy atom. The maximum absolute atomic E-state index is 12.5. The zero-order chi connectivity index (χ0) is 26.3. The van der Waals surface area contributed by atoms with Crippen molar-refractivity contribution in [1.82, 2.24) is 16.2 Å². The van der Waals surface area contributed by atoms with Gasteiger partial charge in [-0.15, -0.1) is 0 Å². The van der Waals surface area contributed by atoms with Crippen LogP contribution < -0.4 is 30.4 Å². The lowest BCUT2D eigenvalue weighted by molar-refractivity contribution is -0.143. The van der Waals surface area contributed by atoms with E-state index in [1.165, 1.54) is 39.0 Å². The van der Waals surface area contributed by atoms with Crippen molar-refractivity contribution in [1.29, 1.82) is 0 Å². The monoisotopic (exact) mass is 517 g/mol. The summed E-state index contributed by atoms with van der Waals surface area (Å²) in [5.74, 6) is -0.315. The summed E-state index contributed by atoms with van der Waals surface area (Å²) in [4.78, 5) is 36.3. The van der Waals surface area contributed by atoms with Crippen LogP contribution in [0, 0.1) is 0 Å². The Labute approximate surface area is 215 Å². The van der Waals surface area contributed by atoms with Crippen LogP contribution in [-0.4, -0.2) is 50.8 Å². The molecule has 10 nitrogen and oxygen atoms in total. The molecule has 36 heavy (non-hydrogen) atoms. The second-order valence-corrected chi connectivity index (χ2v) is 7.94. The molecular weight excluding hydrogens is 486 g/mol. The molecule has 11 heteroatoms. The number of hydrazine groups is 1. The molecule has 2 aromatic rings. The SMILES string of the molecule is COc1cc(C(=O)NNC(=S)NC(=O)CCCC(=O)OCCCc2ccccc2)cc(OC)c1OC. The van der Waals surface area contributed by atoms with Crippen molar-refractivity contribution < 1.29 is 33.3 Å². The summed E-state index contributed by atoms with van der Waals surface area (Å²) in [7, 11) is 4.33. The fourth-order valence-electron chi connectivity index (χ4n) is 3.19. The lowest BCUT2D eigenvalue weighted by Crippen LogP contribution is -2.48. The number of esters is 1. The lowest BCUT2D eigenvalue weighted by atomic mass is 10.1. The molecule has 0 bridgehead atoms. The van der Waals surface area contributed by atoms with Gasteiger partial charge in [-0.1, -0.05) is 30.3 Å². The summed E-state index contributed by atoms with van der Waals surface area (Å²) in [6.45, 7) is 0.333. The largest absolute Gasteiger partial charge is 0.493 e. The van der Waals surface area contributed by atoms with E-state index in [1.54, 1.807) is 0 Å². The van der Waals surface area contributed by atoms with Crippen LogP contribution in [0.25, 0.3) is 0 Å². The number of carbonyl (C=O) groups excluding carboxylic acids is 3. The number of carbonyl (C=O) groups is 3. The van der Waals surface area contributed by atoms with Gasteiger partial charge in [-0.2, -0.15) is 0 Å². The predicted molar refractivity (Wildman–Crippen MR) is 137 cm³/mol. The molecule has 0 spiro atoms. The average molecular weight is 518 g/mol. The predicted octanol–water partition coefficient (Wildman–Crippen LogP) is 2.69. The van der Waals surface area contributed by atoms with Crippen LogP contribution in [0.3, 0.4) is 0 Å². The van der Waals surface area contributed by atoms with Crippen molar-refractivity contribution in [3.8, 4) is 17.2 Å². The topological polar surface area (TPSA) is 124 Å². The summed E-state index contributed by atoms with van der Waals surface area (Å²) < 4.78 is 20.9. The number of hydrogen-bond donors (Lipinski definition) is 3. The molecule has 0 aliphatic rings. The highest BCUT2D eigenvalue weighted by Crippen LogP contribution is 2.38. The normalized spacial score (nSPS) is 10.1. The average Bonchev–Trinajstić information content (AvgIpc) is 2.89. The van der Waals surface area contributed by atoms with Gasteiger partial charge in [-0.3, -0.25) is 25.2 Å². The van der Waals surface area contributed by atoms with Crippen LogP contribution >= 0.6 is 12.2 Å². The maximum atomic E-state index is 12.5. The Morgan fingerprint density at radius 3 is 2.14 bits per heavy atom. The molecule has 0 atom stereocenters. The molecule has 2 rings (SSSR count). The van der Waals surface area contributed by atoms with Gasteiger partial charge in [-0.25, -0.2) is 0 Å². The standard InChI is InChI=1S/C25H31N3O7S/c1-32-19-15-18(16-20(33-2)23(19)34-3)24(31)27-28-25(36)26-21(29)12-7-13-22(30)35-14-8-11-17-9-5-4-6-10-17/h4-6,9-10,15-16H,7-8,11-14H2,1-3H3,(H,27,31)(H2,26,28,29,36). The maximum Gasteiger partial charge on any atom is 0.305 e. The fraction of sp³-hybridized carbons (Fsp3) is 0.360. The number of rotatable bonds is 12. The van der Waals surface area contributed by atoms with Gasteiger partial charge in [0.25, 0.3) is 5.91 Å². The molecule has 0 aliphatic carbocycles. The number of benzene rings is 2. The number of ether oxygens (including phenoxy) is 4. The molecule has 0 radical (unpaired) electrons. The first-order chi connectivity index (χ1) is 17.4. The Hall–Kier alpha value is -3.86. The first kappa shape index (κ1) is 28.4. The highest BCUT2D eigenvalue weighted by atomic mass is 32.1. The minimum atomic E-state index is -0.541.